The molecule has 0 saturated carbocycles. The summed E-state index contributed by atoms with van der Waals surface area (Å²) >= 11 is 0. The van der Waals surface area contributed by atoms with E-state index in [1.54, 1.807) is 38.4 Å². The van der Waals surface area contributed by atoms with Crippen molar-refractivity contribution in [3.63, 3.8) is 0 Å². The average Bonchev–Trinajstić information content (AvgIpc) is 3.69. The number of hydrogen-bond donors (Lipinski definition) is 1. The molecule has 2 aliphatic heterocycles. The minimum atomic E-state index is -4.56. The number of morpholine rings is 1. The van der Waals surface area contributed by atoms with Crippen molar-refractivity contribution in [2.45, 2.75) is 45.6 Å². The zero-order chi connectivity index (χ0) is 36.7. The van der Waals surface area contributed by atoms with Crippen LogP contribution in [0, 0.1) is 13.8 Å². The minimum Gasteiger partial charge on any atom is -0.481 e. The van der Waals surface area contributed by atoms with Crippen LogP contribution in [-0.2, 0) is 22.2 Å². The number of benzene rings is 2. The number of nitrogens with one attached hydrogen (secondary N) is 1. The summed E-state index contributed by atoms with van der Waals surface area (Å²) in [6.45, 7) is 7.29. The molecule has 52 heavy (non-hydrogen) atoms. The van der Waals surface area contributed by atoms with E-state index in [-0.39, 0.29) is 23.9 Å². The van der Waals surface area contributed by atoms with E-state index in [1.165, 1.54) is 12.0 Å². The fraction of sp³-hybridized carbons (Fsp3) is 0.333. The lowest BCUT2D eigenvalue weighted by atomic mass is 9.96. The van der Waals surface area contributed by atoms with Gasteiger partial charge in [-0.25, -0.2) is 29.6 Å². The zero-order valence-electron chi connectivity index (χ0n) is 28.7. The minimum absolute atomic E-state index is 0.0421. The van der Waals surface area contributed by atoms with Crippen LogP contribution in [0.4, 0.5) is 23.9 Å². The third kappa shape index (κ3) is 6.80. The van der Waals surface area contributed by atoms with E-state index in [4.69, 9.17) is 23.6 Å². The second-order valence-corrected chi connectivity index (χ2v) is 12.7. The van der Waals surface area contributed by atoms with Gasteiger partial charge in [-0.1, -0.05) is 17.7 Å². The normalized spacial score (nSPS) is 17.8. The molecule has 2 aliphatic rings. The Bertz CT molecular complexity index is 2200. The van der Waals surface area contributed by atoms with Crippen LogP contribution in [-0.4, -0.2) is 75.6 Å². The molecule has 5 aromatic rings. The van der Waals surface area contributed by atoms with Gasteiger partial charge in [-0.3, -0.25) is 4.90 Å². The lowest BCUT2D eigenvalue weighted by molar-refractivity contribution is -0.137. The summed E-state index contributed by atoms with van der Waals surface area (Å²) in [4.78, 5) is 42.6. The molecule has 0 spiro atoms. The Morgan fingerprint density at radius 2 is 1.75 bits per heavy atom. The van der Waals surface area contributed by atoms with Gasteiger partial charge < -0.3 is 23.5 Å². The Morgan fingerprint density at radius 1 is 0.962 bits per heavy atom. The Kier molecular flexibility index (Phi) is 9.16. The molecule has 2 fully saturated rings. The van der Waals surface area contributed by atoms with E-state index in [0.717, 1.165) is 28.8 Å². The Hall–Kier alpha value is -5.77. The number of hydrogen-bond acceptors (Lipinski definition) is 11. The maximum atomic E-state index is 13.7. The monoisotopic (exact) mass is 717 g/mol. The molecule has 2 aromatic carbocycles. The lowest BCUT2D eigenvalue weighted by Gasteiger charge is -2.28. The topological polar surface area (TPSA) is 149 Å². The number of rotatable bonds is 8. The first kappa shape index (κ1) is 34.7. The number of aryl methyl sites for hydroxylation is 2. The number of H-pyrrole nitrogens is 1. The second kappa shape index (κ2) is 13.7. The number of methoxy groups -OCH3 is 1. The van der Waals surface area contributed by atoms with E-state index >= 15 is 0 Å². The summed E-state index contributed by atoms with van der Waals surface area (Å²) < 4.78 is 63.1. The maximum Gasteiger partial charge on any atom is 0.434 e. The fourth-order valence-corrected chi connectivity index (χ4v) is 6.56. The Balaban J connectivity index is 1.27. The summed E-state index contributed by atoms with van der Waals surface area (Å²) in [5.41, 5.74) is 4.42. The van der Waals surface area contributed by atoms with E-state index in [9.17, 15) is 22.8 Å². The van der Waals surface area contributed by atoms with Gasteiger partial charge in [0.25, 0.3) is 0 Å². The molecule has 7 rings (SSSR count). The van der Waals surface area contributed by atoms with Crippen LogP contribution in [0.15, 0.2) is 64.1 Å². The molecule has 13 nitrogen and oxygen atoms in total. The first-order chi connectivity index (χ1) is 24.9. The Labute approximate surface area is 295 Å². The third-order valence-electron chi connectivity index (χ3n) is 9.17. The molecule has 0 radical (unpaired) electrons. The van der Waals surface area contributed by atoms with Gasteiger partial charge in [0.05, 0.1) is 44.2 Å². The van der Waals surface area contributed by atoms with Crippen LogP contribution in [0.3, 0.4) is 0 Å². The fourth-order valence-electron chi connectivity index (χ4n) is 6.56. The van der Waals surface area contributed by atoms with Crippen LogP contribution in [0.2, 0.25) is 0 Å². The number of halogens is 3. The first-order valence-corrected chi connectivity index (χ1v) is 16.5. The molecular formula is C36H34F3N7O6. The highest BCUT2D eigenvalue weighted by atomic mass is 19.4. The van der Waals surface area contributed by atoms with Crippen molar-refractivity contribution < 1.29 is 36.6 Å². The molecule has 0 bridgehead atoms. The number of ether oxygens (including phenoxy) is 3. The predicted molar refractivity (Wildman–Crippen MR) is 182 cm³/mol. The number of nitrogens with zero attached hydrogens (tertiary/aromatic N) is 6. The van der Waals surface area contributed by atoms with Gasteiger partial charge in [0.2, 0.25) is 17.7 Å². The molecule has 2 atom stereocenters. The highest BCUT2D eigenvalue weighted by Gasteiger charge is 2.42. The van der Waals surface area contributed by atoms with Gasteiger partial charge in [0.1, 0.15) is 6.10 Å². The van der Waals surface area contributed by atoms with Crippen molar-refractivity contribution >= 4 is 12.0 Å². The molecular weight excluding hydrogens is 683 g/mol. The molecule has 5 heterocycles. The molecule has 2 saturated heterocycles. The van der Waals surface area contributed by atoms with Gasteiger partial charge in [-0.2, -0.15) is 13.2 Å². The number of aromatic amines is 1. The molecule has 1 amide bonds. The SMILES string of the molecule is COc1ncc(-c2ccc(-c3n[nH]c(=O)o3)cc2C)cc1-c1cnc(N2CCOCC2)nc1CN1C(=O)O[C@H](c2cc(C)cc(C(F)(F)F)c2)[C@@H]1C. The van der Waals surface area contributed by atoms with Crippen LogP contribution >= 0.6 is 0 Å². The van der Waals surface area contributed by atoms with Crippen LogP contribution in [0.1, 0.15) is 41.0 Å². The number of carbonyl (C=O) groups is 1. The van der Waals surface area contributed by atoms with E-state index in [0.29, 0.717) is 60.2 Å². The highest BCUT2D eigenvalue weighted by Crippen LogP contribution is 2.40. The van der Waals surface area contributed by atoms with Crippen molar-refractivity contribution in [2.24, 2.45) is 0 Å². The van der Waals surface area contributed by atoms with Gasteiger partial charge in [0.15, 0.2) is 0 Å². The van der Waals surface area contributed by atoms with Gasteiger partial charge in [0, 0.05) is 47.7 Å². The summed E-state index contributed by atoms with van der Waals surface area (Å²) in [7, 11) is 1.49. The molecule has 3 aromatic heterocycles. The summed E-state index contributed by atoms with van der Waals surface area (Å²) in [6.07, 6.45) is -2.86. The number of carbonyl (C=O) groups excluding carboxylic acids is 1. The van der Waals surface area contributed by atoms with Crippen molar-refractivity contribution in [1.82, 2.24) is 30.0 Å². The summed E-state index contributed by atoms with van der Waals surface area (Å²) in [5, 5.41) is 6.17. The predicted octanol–water partition coefficient (Wildman–Crippen LogP) is 6.11. The van der Waals surface area contributed by atoms with Gasteiger partial charge in [-0.05, 0) is 67.8 Å². The first-order valence-electron chi connectivity index (χ1n) is 16.5. The summed E-state index contributed by atoms with van der Waals surface area (Å²) in [6, 6.07) is 10.4. The number of anilines is 1. The number of cyclic esters (lactones) is 1. The second-order valence-electron chi connectivity index (χ2n) is 12.7. The number of pyridine rings is 1. The van der Waals surface area contributed by atoms with Gasteiger partial charge >= 0.3 is 18.0 Å². The number of amides is 1. The largest absolute Gasteiger partial charge is 0.481 e. The Morgan fingerprint density at radius 3 is 2.44 bits per heavy atom. The summed E-state index contributed by atoms with van der Waals surface area (Å²) in [5.74, 6) is 0.230. The zero-order valence-corrected chi connectivity index (χ0v) is 28.7. The van der Waals surface area contributed by atoms with E-state index in [1.807, 2.05) is 30.0 Å². The van der Waals surface area contributed by atoms with Crippen molar-refractivity contribution in [2.75, 3.05) is 38.3 Å². The van der Waals surface area contributed by atoms with Crippen molar-refractivity contribution in [3.8, 4) is 39.6 Å². The third-order valence-corrected chi connectivity index (χ3v) is 9.17. The van der Waals surface area contributed by atoms with Crippen LogP contribution < -0.4 is 15.4 Å². The average molecular weight is 718 g/mol. The highest BCUT2D eigenvalue weighted by molar-refractivity contribution is 5.79. The standard InChI is InChI=1S/C36H34F3N7O6/c1-19-11-23(14-25(12-19)36(37,38)39)30-21(3)46(35(48)51-30)18-29-28(17-41-33(42-29)45-7-9-50-10-8-45)27-15-24(16-40-32(27)49-4)26-6-5-22(13-20(26)2)31-43-44-34(47)52-31/h5-6,11-17,21,30H,7-10,18H2,1-4H3,(H,44,47)/t21-,30-/m0/s1. The van der Waals surface area contributed by atoms with Crippen LogP contribution in [0.25, 0.3) is 33.7 Å². The van der Waals surface area contributed by atoms with Gasteiger partial charge in [-0.15, -0.1) is 5.10 Å². The smallest absolute Gasteiger partial charge is 0.434 e. The quantitative estimate of drug-likeness (QED) is 0.198. The van der Waals surface area contributed by atoms with Crippen LogP contribution in [0.5, 0.6) is 5.88 Å². The van der Waals surface area contributed by atoms with Crippen molar-refractivity contribution in [1.29, 1.82) is 0 Å². The molecule has 0 unspecified atom stereocenters. The lowest BCUT2D eigenvalue weighted by Crippen LogP contribution is -2.38. The van der Waals surface area contributed by atoms with Crippen molar-refractivity contribution in [3.05, 3.63) is 93.4 Å². The maximum absolute atomic E-state index is 13.7. The molecule has 0 aliphatic carbocycles. The number of alkyl halides is 3. The molecule has 270 valence electrons. The molecule has 16 heteroatoms. The molecule has 1 N–H and O–H groups in total. The number of aromatic nitrogens is 5. The van der Waals surface area contributed by atoms with E-state index < -0.39 is 35.7 Å². The van der Waals surface area contributed by atoms with E-state index in [2.05, 4.69) is 20.2 Å².